The Morgan fingerprint density at radius 2 is 1.88 bits per heavy atom. The summed E-state index contributed by atoms with van der Waals surface area (Å²) in [6.45, 7) is 4.61. The molecular weight excluding hydrogens is 430 g/mol. The SMILES string of the molecule is COCCCNC(=O)C1CCN(C(=O)c2cccc(S(=O)(=O)N3CCCCC3C)c2)CC1. The molecule has 1 atom stereocenters. The van der Waals surface area contributed by atoms with Crippen molar-refractivity contribution < 1.29 is 22.7 Å². The van der Waals surface area contributed by atoms with Crippen molar-refractivity contribution in [1.29, 1.82) is 0 Å². The molecule has 2 amide bonds. The molecule has 0 spiro atoms. The monoisotopic (exact) mass is 465 g/mol. The van der Waals surface area contributed by atoms with Crippen molar-refractivity contribution in [3.8, 4) is 0 Å². The second-order valence-corrected chi connectivity index (χ2v) is 10.6. The number of nitrogens with zero attached hydrogens (tertiary/aromatic N) is 2. The smallest absolute Gasteiger partial charge is 0.253 e. The first kappa shape index (κ1) is 24.7. The van der Waals surface area contributed by atoms with Crippen LogP contribution in [0.15, 0.2) is 29.2 Å². The fourth-order valence-electron chi connectivity index (χ4n) is 4.45. The van der Waals surface area contributed by atoms with E-state index in [0.717, 1.165) is 25.7 Å². The molecule has 1 aromatic carbocycles. The van der Waals surface area contributed by atoms with Gasteiger partial charge in [-0.3, -0.25) is 9.59 Å². The highest BCUT2D eigenvalue weighted by atomic mass is 32.2. The number of hydrogen-bond donors (Lipinski definition) is 1. The van der Waals surface area contributed by atoms with Gasteiger partial charge in [-0.2, -0.15) is 4.31 Å². The first-order valence-electron chi connectivity index (χ1n) is 11.5. The number of rotatable bonds is 8. The van der Waals surface area contributed by atoms with E-state index in [1.165, 1.54) is 6.07 Å². The van der Waals surface area contributed by atoms with Crippen LogP contribution in [0.3, 0.4) is 0 Å². The fourth-order valence-corrected chi connectivity index (χ4v) is 6.20. The first-order chi connectivity index (χ1) is 15.3. The minimum absolute atomic E-state index is 0.0249. The molecule has 2 fully saturated rings. The number of amides is 2. The molecule has 0 radical (unpaired) electrons. The minimum atomic E-state index is -3.63. The van der Waals surface area contributed by atoms with E-state index in [-0.39, 0.29) is 28.7 Å². The summed E-state index contributed by atoms with van der Waals surface area (Å²) < 4.78 is 32.8. The maximum atomic E-state index is 13.1. The zero-order valence-corrected chi connectivity index (χ0v) is 19.9. The molecule has 2 aliphatic rings. The average molecular weight is 466 g/mol. The number of ether oxygens (including phenoxy) is 1. The summed E-state index contributed by atoms with van der Waals surface area (Å²) in [5.41, 5.74) is 0.373. The third-order valence-electron chi connectivity index (χ3n) is 6.41. The van der Waals surface area contributed by atoms with Gasteiger partial charge in [0.25, 0.3) is 5.91 Å². The summed E-state index contributed by atoms with van der Waals surface area (Å²) in [5.74, 6) is -0.265. The largest absolute Gasteiger partial charge is 0.385 e. The van der Waals surface area contributed by atoms with E-state index in [4.69, 9.17) is 4.74 Å². The Hall–Kier alpha value is -1.97. The number of benzene rings is 1. The third kappa shape index (κ3) is 5.88. The second-order valence-electron chi connectivity index (χ2n) is 8.69. The van der Waals surface area contributed by atoms with E-state index in [2.05, 4.69) is 5.32 Å². The molecule has 2 saturated heterocycles. The molecule has 1 unspecified atom stereocenters. The molecule has 0 bridgehead atoms. The van der Waals surface area contributed by atoms with E-state index >= 15 is 0 Å². The van der Waals surface area contributed by atoms with Gasteiger partial charge in [-0.25, -0.2) is 8.42 Å². The Balaban J connectivity index is 1.60. The van der Waals surface area contributed by atoms with Gasteiger partial charge in [-0.15, -0.1) is 0 Å². The molecule has 0 aromatic heterocycles. The summed E-state index contributed by atoms with van der Waals surface area (Å²) in [5, 5.41) is 2.93. The van der Waals surface area contributed by atoms with Crippen molar-refractivity contribution in [2.75, 3.05) is 39.9 Å². The number of carbonyl (C=O) groups excluding carboxylic acids is 2. The van der Waals surface area contributed by atoms with Gasteiger partial charge in [0.1, 0.15) is 0 Å². The lowest BCUT2D eigenvalue weighted by molar-refractivity contribution is -0.126. The van der Waals surface area contributed by atoms with Gasteiger partial charge in [0.15, 0.2) is 0 Å². The molecule has 3 rings (SSSR count). The normalized spacial score (nSPS) is 20.8. The topological polar surface area (TPSA) is 96.0 Å². The van der Waals surface area contributed by atoms with Crippen molar-refractivity contribution in [2.45, 2.75) is 56.4 Å². The average Bonchev–Trinajstić information content (AvgIpc) is 2.81. The van der Waals surface area contributed by atoms with E-state index in [0.29, 0.717) is 51.2 Å². The molecular formula is C23H35N3O5S. The highest BCUT2D eigenvalue weighted by Crippen LogP contribution is 2.26. The van der Waals surface area contributed by atoms with Crippen molar-refractivity contribution in [3.63, 3.8) is 0 Å². The minimum Gasteiger partial charge on any atom is -0.385 e. The van der Waals surface area contributed by atoms with Gasteiger partial charge in [-0.05, 0) is 57.2 Å². The Morgan fingerprint density at radius 3 is 2.56 bits per heavy atom. The summed E-state index contributed by atoms with van der Waals surface area (Å²) in [4.78, 5) is 27.2. The number of likely N-dealkylation sites (tertiary alicyclic amines) is 1. The molecule has 32 heavy (non-hydrogen) atoms. The predicted octanol–water partition coefficient (Wildman–Crippen LogP) is 2.25. The third-order valence-corrected chi connectivity index (χ3v) is 8.42. The van der Waals surface area contributed by atoms with Crippen LogP contribution < -0.4 is 5.32 Å². The van der Waals surface area contributed by atoms with Crippen LogP contribution in [0.2, 0.25) is 0 Å². The van der Waals surface area contributed by atoms with Gasteiger partial charge in [-0.1, -0.05) is 12.5 Å². The van der Waals surface area contributed by atoms with E-state index in [1.54, 1.807) is 34.5 Å². The number of piperidine rings is 2. The van der Waals surface area contributed by atoms with Gasteiger partial charge in [0.2, 0.25) is 15.9 Å². The standard InChI is InChI=1S/C23H35N3O5S/c1-18-7-3-4-13-26(18)32(29,30)21-9-5-8-20(17-21)23(28)25-14-10-19(11-15-25)22(27)24-12-6-16-31-2/h5,8-9,17-19H,3-4,6-7,10-16H2,1-2H3,(H,24,27). The van der Waals surface area contributed by atoms with Crippen LogP contribution in [0.25, 0.3) is 0 Å². The fraction of sp³-hybridized carbons (Fsp3) is 0.652. The molecule has 9 heteroatoms. The zero-order valence-electron chi connectivity index (χ0n) is 19.1. The molecule has 2 heterocycles. The number of carbonyl (C=O) groups is 2. The first-order valence-corrected chi connectivity index (χ1v) is 13.0. The number of sulfonamides is 1. The summed E-state index contributed by atoms with van der Waals surface area (Å²) in [7, 11) is -2.00. The molecule has 2 aliphatic heterocycles. The van der Waals surface area contributed by atoms with E-state index < -0.39 is 10.0 Å². The van der Waals surface area contributed by atoms with Crippen molar-refractivity contribution >= 4 is 21.8 Å². The van der Waals surface area contributed by atoms with Crippen molar-refractivity contribution in [3.05, 3.63) is 29.8 Å². The van der Waals surface area contributed by atoms with Gasteiger partial charge < -0.3 is 15.0 Å². The van der Waals surface area contributed by atoms with Gasteiger partial charge in [0.05, 0.1) is 4.90 Å². The Kier molecular flexibility index (Phi) is 8.67. The molecule has 8 nitrogen and oxygen atoms in total. The summed E-state index contributed by atoms with van der Waals surface area (Å²) in [6.07, 6.45) is 4.72. The van der Waals surface area contributed by atoms with Crippen LogP contribution >= 0.6 is 0 Å². The van der Waals surface area contributed by atoms with Crippen molar-refractivity contribution in [2.24, 2.45) is 5.92 Å². The molecule has 178 valence electrons. The Labute approximate surface area is 191 Å². The highest BCUT2D eigenvalue weighted by molar-refractivity contribution is 7.89. The van der Waals surface area contributed by atoms with Crippen LogP contribution in [0.4, 0.5) is 0 Å². The van der Waals surface area contributed by atoms with Crippen LogP contribution in [-0.4, -0.2) is 75.4 Å². The number of nitrogens with one attached hydrogen (secondary N) is 1. The quantitative estimate of drug-likeness (QED) is 0.594. The Bertz CT molecular complexity index is 897. The van der Waals surface area contributed by atoms with Crippen molar-refractivity contribution in [1.82, 2.24) is 14.5 Å². The van der Waals surface area contributed by atoms with Crippen LogP contribution in [0.1, 0.15) is 55.8 Å². The van der Waals surface area contributed by atoms with Crippen LogP contribution in [0.5, 0.6) is 0 Å². The summed E-state index contributed by atoms with van der Waals surface area (Å²) in [6, 6.07) is 6.32. The van der Waals surface area contributed by atoms with E-state index in [9.17, 15) is 18.0 Å². The Morgan fingerprint density at radius 1 is 1.12 bits per heavy atom. The maximum Gasteiger partial charge on any atom is 0.253 e. The lowest BCUT2D eigenvalue weighted by Gasteiger charge is -2.33. The molecule has 0 aliphatic carbocycles. The molecule has 1 N–H and O–H groups in total. The summed E-state index contributed by atoms with van der Waals surface area (Å²) >= 11 is 0. The lowest BCUT2D eigenvalue weighted by Crippen LogP contribution is -2.43. The molecule has 0 saturated carbocycles. The van der Waals surface area contributed by atoms with Crippen LogP contribution in [0, 0.1) is 5.92 Å². The lowest BCUT2D eigenvalue weighted by atomic mass is 9.95. The van der Waals surface area contributed by atoms with Gasteiger partial charge in [0, 0.05) is 57.4 Å². The maximum absolute atomic E-state index is 13.1. The van der Waals surface area contributed by atoms with Crippen LogP contribution in [-0.2, 0) is 19.6 Å². The molecule has 1 aromatic rings. The van der Waals surface area contributed by atoms with E-state index in [1.807, 2.05) is 6.92 Å². The highest BCUT2D eigenvalue weighted by Gasteiger charge is 2.32. The number of methoxy groups -OCH3 is 1. The predicted molar refractivity (Wildman–Crippen MR) is 122 cm³/mol. The zero-order chi connectivity index (χ0) is 23.1. The number of hydrogen-bond acceptors (Lipinski definition) is 5. The second kappa shape index (κ2) is 11.2. The van der Waals surface area contributed by atoms with Gasteiger partial charge >= 0.3 is 0 Å².